The van der Waals surface area contributed by atoms with Crippen molar-refractivity contribution in [1.29, 1.82) is 0 Å². The second-order valence-electron chi connectivity index (χ2n) is 23.1. The van der Waals surface area contributed by atoms with Crippen LogP contribution in [0.25, 0.3) is 98.8 Å². The van der Waals surface area contributed by atoms with Gasteiger partial charge in [0.15, 0.2) is 0 Å². The summed E-state index contributed by atoms with van der Waals surface area (Å²) in [7, 11) is 0. The average Bonchev–Trinajstić information content (AvgIpc) is 1.02. The van der Waals surface area contributed by atoms with E-state index in [0.29, 0.717) is 5.69 Å². The van der Waals surface area contributed by atoms with Crippen molar-refractivity contribution in [1.82, 2.24) is 9.13 Å². The fourth-order valence-electron chi connectivity index (χ4n) is 12.8. The standard InChI is InChI=1S/C74H58BN3/c1-73(2,3)49-37-40-62-68(45-49)77-66-36-22-17-31-56(66)54-29-15-13-27-52(54)53-28-14-16-30-55(53)59-39-42-67-70(72(59)77)75(62)63-41-38-51(76-64-34-20-18-32-57(64)58-33-19-21-35-65(58)76)46-69(63)78(67)71-60(47-23-9-7-10-24-47)43-50(74(4,5)6)44-61(71)48-25-11-8-12-26-48/h7-46H,1-6H3/i18D,19D,20D,21D,32D,33D,34D,35D. The van der Waals surface area contributed by atoms with Gasteiger partial charge in [-0.3, -0.25) is 0 Å². The molecular weight excluding hydrogens is 942 g/mol. The minimum atomic E-state index is -0.484. The van der Waals surface area contributed by atoms with E-state index in [1.165, 1.54) is 5.56 Å². The lowest BCUT2D eigenvalue weighted by molar-refractivity contribution is 0.590. The molecule has 0 fully saturated rings. The minimum absolute atomic E-state index is 0.0293. The third-order valence-electron chi connectivity index (χ3n) is 16.5. The summed E-state index contributed by atoms with van der Waals surface area (Å²) in [6, 6.07) is 66.6. The van der Waals surface area contributed by atoms with Gasteiger partial charge < -0.3 is 14.0 Å². The molecule has 0 spiro atoms. The SMILES string of the molecule is [2H]c1c([2H])c([2H])c2c(c1[2H])c1c([2H])c([2H])c([2H])c([2H])c1n2-c1ccc2c(c1)N(c1c(-c3ccccc3)cc(C(C)(C)C)cc1-c1ccccc1)c1ccc3c4ccccc4c4ccccc4c4ccccc4n4c3c1B2c1ccc(C(C)(C)C)cc1-4. The number of fused-ring (bicyclic) bond motifs is 15. The van der Waals surface area contributed by atoms with Crippen molar-refractivity contribution in [2.45, 2.75) is 52.4 Å². The second kappa shape index (κ2) is 17.2. The Kier molecular flexibility index (Phi) is 8.47. The zero-order chi connectivity index (χ0) is 59.6. The second-order valence-corrected chi connectivity index (χ2v) is 23.1. The molecular formula is C74H58BN3. The summed E-state index contributed by atoms with van der Waals surface area (Å²) in [5.74, 6) is 0. The first-order valence-electron chi connectivity index (χ1n) is 31.0. The topological polar surface area (TPSA) is 13.1 Å². The predicted octanol–water partition coefficient (Wildman–Crippen LogP) is 17.9. The van der Waals surface area contributed by atoms with Crippen LogP contribution in [0.4, 0.5) is 17.1 Å². The van der Waals surface area contributed by atoms with Gasteiger partial charge in [-0.05, 0) is 126 Å². The number of rotatable bonds is 4. The van der Waals surface area contributed by atoms with Crippen LogP contribution in [-0.2, 0) is 10.8 Å². The zero-order valence-electron chi connectivity index (χ0n) is 52.4. The summed E-state index contributed by atoms with van der Waals surface area (Å²) in [6.07, 6.45) is 0. The number of anilines is 3. The Morgan fingerprint density at radius 3 is 1.46 bits per heavy atom. The zero-order valence-corrected chi connectivity index (χ0v) is 44.4. The molecule has 11 aromatic carbocycles. The maximum atomic E-state index is 9.62. The first kappa shape index (κ1) is 38.4. The molecule has 4 heterocycles. The van der Waals surface area contributed by atoms with Crippen LogP contribution in [-0.4, -0.2) is 15.8 Å². The summed E-state index contributed by atoms with van der Waals surface area (Å²) >= 11 is 0. The van der Waals surface area contributed by atoms with Gasteiger partial charge in [0.05, 0.1) is 38.7 Å². The van der Waals surface area contributed by atoms with Crippen molar-refractivity contribution in [3.63, 3.8) is 0 Å². The number of aromatic nitrogens is 2. The van der Waals surface area contributed by atoms with Crippen molar-refractivity contribution in [2.24, 2.45) is 0 Å². The van der Waals surface area contributed by atoms with Crippen molar-refractivity contribution in [3.05, 3.63) is 254 Å². The van der Waals surface area contributed by atoms with E-state index in [1.807, 2.05) is 18.2 Å². The van der Waals surface area contributed by atoms with E-state index < -0.39 is 24.2 Å². The molecule has 0 aliphatic carbocycles. The molecule has 0 unspecified atom stereocenters. The lowest BCUT2D eigenvalue weighted by Crippen LogP contribution is -2.60. The Balaban J connectivity index is 1.20. The molecule has 2 aromatic heterocycles. The van der Waals surface area contributed by atoms with Crippen molar-refractivity contribution in [2.75, 3.05) is 4.90 Å². The normalized spacial score (nSPS) is 14.4. The van der Waals surface area contributed by atoms with Gasteiger partial charge in [0.1, 0.15) is 0 Å². The summed E-state index contributed by atoms with van der Waals surface area (Å²) in [6.45, 7) is 13.2. The van der Waals surface area contributed by atoms with E-state index in [1.54, 1.807) is 4.57 Å². The van der Waals surface area contributed by atoms with Gasteiger partial charge >= 0.3 is 0 Å². The molecule has 0 saturated carbocycles. The van der Waals surface area contributed by atoms with Gasteiger partial charge in [-0.2, -0.15) is 0 Å². The molecule has 13 aromatic rings. The monoisotopic (exact) mass is 1010 g/mol. The van der Waals surface area contributed by atoms with Crippen molar-refractivity contribution < 1.29 is 11.0 Å². The highest BCUT2D eigenvalue weighted by molar-refractivity contribution is 7.00. The van der Waals surface area contributed by atoms with Crippen LogP contribution in [0.1, 0.15) is 63.6 Å². The minimum Gasteiger partial charge on any atom is -0.310 e. The number of benzene rings is 11. The molecule has 0 saturated heterocycles. The molecule has 15 rings (SSSR count). The van der Waals surface area contributed by atoms with E-state index in [-0.39, 0.29) is 63.5 Å². The highest BCUT2D eigenvalue weighted by Crippen LogP contribution is 2.51. The Labute approximate surface area is 467 Å². The van der Waals surface area contributed by atoms with E-state index in [4.69, 9.17) is 5.48 Å². The lowest BCUT2D eigenvalue weighted by Gasteiger charge is -2.42. The number of nitrogens with zero attached hydrogens (tertiary/aromatic N) is 3. The number of hydrogen-bond donors (Lipinski definition) is 0. The van der Waals surface area contributed by atoms with E-state index in [2.05, 4.69) is 227 Å². The van der Waals surface area contributed by atoms with Crippen LogP contribution in [0.3, 0.4) is 0 Å². The van der Waals surface area contributed by atoms with Crippen LogP contribution in [0, 0.1) is 0 Å². The van der Waals surface area contributed by atoms with Crippen LogP contribution >= 0.6 is 0 Å². The van der Waals surface area contributed by atoms with Gasteiger partial charge in [-0.25, -0.2) is 0 Å². The molecule has 0 radical (unpaired) electrons. The molecule has 2 aliphatic heterocycles. The van der Waals surface area contributed by atoms with Crippen LogP contribution in [0.5, 0.6) is 0 Å². The third kappa shape index (κ3) is 6.92. The van der Waals surface area contributed by atoms with Gasteiger partial charge in [-0.15, -0.1) is 0 Å². The van der Waals surface area contributed by atoms with Gasteiger partial charge in [0.2, 0.25) is 0 Å². The number of para-hydroxylation sites is 3. The summed E-state index contributed by atoms with van der Waals surface area (Å²) in [4.78, 5) is 2.42. The molecule has 3 nitrogen and oxygen atoms in total. The molecule has 0 amide bonds. The first-order chi connectivity index (χ1) is 41.3. The fraction of sp³-hybridized carbons (Fsp3) is 0.108. The highest BCUT2D eigenvalue weighted by atomic mass is 15.2. The molecule has 0 atom stereocenters. The van der Waals surface area contributed by atoms with E-state index >= 15 is 0 Å². The molecule has 0 bridgehead atoms. The first-order valence-corrected chi connectivity index (χ1v) is 27.0. The van der Waals surface area contributed by atoms with Gasteiger partial charge in [0.25, 0.3) is 6.71 Å². The molecule has 0 N–H and O–H groups in total. The smallest absolute Gasteiger partial charge is 0.252 e. The Morgan fingerprint density at radius 1 is 0.372 bits per heavy atom. The number of hydrogen-bond acceptors (Lipinski definition) is 1. The quantitative estimate of drug-likeness (QED) is 0.160. The largest absolute Gasteiger partial charge is 0.310 e. The molecule has 4 heteroatoms. The Bertz CT molecular complexity index is 5050. The Hall–Kier alpha value is -9.12. The van der Waals surface area contributed by atoms with Crippen LogP contribution in [0.2, 0.25) is 0 Å². The third-order valence-corrected chi connectivity index (χ3v) is 16.5. The summed E-state index contributed by atoms with van der Waals surface area (Å²) < 4.78 is 78.1. The molecule has 78 heavy (non-hydrogen) atoms. The van der Waals surface area contributed by atoms with Gasteiger partial charge in [0, 0.05) is 55.4 Å². The summed E-state index contributed by atoms with van der Waals surface area (Å²) in [5.41, 5.74) is 15.4. The molecule has 372 valence electrons. The van der Waals surface area contributed by atoms with Gasteiger partial charge in [-0.1, -0.05) is 229 Å². The highest BCUT2D eigenvalue weighted by Gasteiger charge is 2.43. The maximum absolute atomic E-state index is 9.62. The maximum Gasteiger partial charge on any atom is 0.252 e. The fourth-order valence-corrected chi connectivity index (χ4v) is 12.8. The molecule has 2 aliphatic rings. The van der Waals surface area contributed by atoms with E-state index in [9.17, 15) is 5.48 Å². The van der Waals surface area contributed by atoms with Crippen molar-refractivity contribution >= 4 is 105 Å². The predicted molar refractivity (Wildman–Crippen MR) is 335 cm³/mol. The van der Waals surface area contributed by atoms with Crippen LogP contribution in [0.15, 0.2) is 242 Å². The van der Waals surface area contributed by atoms with E-state index in [0.717, 1.165) is 110 Å². The lowest BCUT2D eigenvalue weighted by atomic mass is 9.33. The average molecular weight is 1010 g/mol. The van der Waals surface area contributed by atoms with Crippen LogP contribution < -0.4 is 21.3 Å². The van der Waals surface area contributed by atoms with Crippen molar-refractivity contribution in [3.8, 4) is 33.6 Å². The summed E-state index contributed by atoms with van der Waals surface area (Å²) in [5, 5.41) is 6.72. The Morgan fingerprint density at radius 2 is 0.872 bits per heavy atom.